The summed E-state index contributed by atoms with van der Waals surface area (Å²) >= 11 is 0. The third kappa shape index (κ3) is 1.38. The van der Waals surface area contributed by atoms with Gasteiger partial charge in [0.05, 0.1) is 0 Å². The Morgan fingerprint density at radius 2 is 1.16 bits per heavy atom. The van der Waals surface area contributed by atoms with E-state index in [0.717, 1.165) is 26.2 Å². The summed E-state index contributed by atoms with van der Waals surface area (Å²) in [4.78, 5) is 16.6. The molecule has 0 radical (unpaired) electrons. The maximum absolute atomic E-state index is 13.3. The van der Waals surface area contributed by atoms with Crippen molar-refractivity contribution in [3.8, 4) is 0 Å². The zero-order valence-corrected chi connectivity index (χ0v) is 13.4. The fourth-order valence-corrected chi connectivity index (χ4v) is 5.06. The van der Waals surface area contributed by atoms with E-state index in [-0.39, 0.29) is 16.5 Å². The second-order valence-electron chi connectivity index (χ2n) is 8.49. The summed E-state index contributed by atoms with van der Waals surface area (Å²) in [5, 5.41) is 0. The van der Waals surface area contributed by atoms with Crippen LogP contribution in [0.4, 0.5) is 0 Å². The van der Waals surface area contributed by atoms with E-state index in [0.29, 0.717) is 17.6 Å². The highest BCUT2D eigenvalue weighted by molar-refractivity contribution is 5.92. The molecule has 108 valence electrons. The molecule has 0 aromatic carbocycles. The quantitative estimate of drug-likeness (QED) is 0.685. The Morgan fingerprint density at radius 3 is 1.42 bits per heavy atom. The first-order valence-electron chi connectivity index (χ1n) is 7.92. The number of hydrogen-bond donors (Lipinski definition) is 2. The molecule has 4 heterocycles. The number of quaternary nitrogens is 2. The number of carbonyl (C=O) groups is 1. The van der Waals surface area contributed by atoms with E-state index in [9.17, 15) is 4.79 Å². The van der Waals surface area contributed by atoms with Crippen molar-refractivity contribution in [1.82, 2.24) is 0 Å². The molecule has 19 heavy (non-hydrogen) atoms. The van der Waals surface area contributed by atoms with Crippen molar-refractivity contribution in [2.75, 3.05) is 26.2 Å². The van der Waals surface area contributed by atoms with Crippen molar-refractivity contribution >= 4 is 5.78 Å². The minimum absolute atomic E-state index is 0.0546. The van der Waals surface area contributed by atoms with Crippen LogP contribution in [0.25, 0.3) is 0 Å². The molecule has 3 nitrogen and oxygen atoms in total. The summed E-state index contributed by atoms with van der Waals surface area (Å²) in [5.41, 5.74) is 0.180. The van der Waals surface area contributed by atoms with Gasteiger partial charge in [-0.3, -0.25) is 14.6 Å². The molecule has 2 N–H and O–H groups in total. The summed E-state index contributed by atoms with van der Waals surface area (Å²) in [6, 6.07) is 0. The lowest BCUT2D eigenvalue weighted by molar-refractivity contribution is -1.20. The molecule has 0 aliphatic carbocycles. The summed E-state index contributed by atoms with van der Waals surface area (Å²) in [6.45, 7) is 18.1. The number of rotatable bonds is 2. The van der Waals surface area contributed by atoms with Crippen LogP contribution in [0.1, 0.15) is 41.5 Å². The predicted octanol–water partition coefficient (Wildman–Crippen LogP) is -0.613. The van der Waals surface area contributed by atoms with Gasteiger partial charge in [0.25, 0.3) is 0 Å². The lowest BCUT2D eigenvalue weighted by atomic mass is 9.53. The van der Waals surface area contributed by atoms with Crippen LogP contribution in [0.5, 0.6) is 0 Å². The van der Waals surface area contributed by atoms with Crippen LogP contribution < -0.4 is 9.80 Å². The van der Waals surface area contributed by atoms with E-state index < -0.39 is 0 Å². The van der Waals surface area contributed by atoms with Gasteiger partial charge in [-0.25, -0.2) is 0 Å². The zero-order valence-electron chi connectivity index (χ0n) is 13.4. The Kier molecular flexibility index (Phi) is 2.58. The molecule has 4 rings (SSSR count). The summed E-state index contributed by atoms with van der Waals surface area (Å²) in [7, 11) is 0. The largest absolute Gasteiger partial charge is 0.297 e. The van der Waals surface area contributed by atoms with Crippen molar-refractivity contribution in [2.45, 2.75) is 47.2 Å². The van der Waals surface area contributed by atoms with Crippen LogP contribution >= 0.6 is 0 Å². The van der Waals surface area contributed by atoms with Gasteiger partial charge >= 0.3 is 0 Å². The van der Waals surface area contributed by atoms with E-state index in [1.807, 2.05) is 0 Å². The summed E-state index contributed by atoms with van der Waals surface area (Å²) in [5.74, 6) is 1.55. The standard InChI is InChI=1S/C16H28N2O/c1-11(2)15-7-17-9-16(12(3)4,13(15)19)10-18(8-15)14(17,5)6/h11-12H,7-10H2,1-6H3/p+2. The monoisotopic (exact) mass is 266 g/mol. The number of hydrogen-bond acceptors (Lipinski definition) is 1. The van der Waals surface area contributed by atoms with Crippen molar-refractivity contribution in [2.24, 2.45) is 22.7 Å². The first kappa shape index (κ1) is 13.6. The molecule has 0 atom stereocenters. The lowest BCUT2D eigenvalue weighted by Gasteiger charge is -2.65. The average molecular weight is 266 g/mol. The smallest absolute Gasteiger partial charge is 0.216 e. The molecule has 0 unspecified atom stereocenters. The number of carbonyl (C=O) groups excluding carboxylic acids is 1. The molecule has 0 aromatic rings. The second kappa shape index (κ2) is 3.62. The van der Waals surface area contributed by atoms with Crippen LogP contribution in [0.3, 0.4) is 0 Å². The zero-order chi connectivity index (χ0) is 14.2. The van der Waals surface area contributed by atoms with Crippen molar-refractivity contribution in [3.63, 3.8) is 0 Å². The molecule has 4 fully saturated rings. The van der Waals surface area contributed by atoms with Gasteiger partial charge in [-0.1, -0.05) is 27.7 Å². The van der Waals surface area contributed by atoms with E-state index >= 15 is 0 Å². The Morgan fingerprint density at radius 1 is 0.842 bits per heavy atom. The number of Topliss-reactive ketones (excluding diaryl/α,β-unsaturated/α-hetero) is 1. The Balaban J connectivity index is 2.13. The third-order valence-corrected chi connectivity index (χ3v) is 7.00. The van der Waals surface area contributed by atoms with Gasteiger partial charge in [-0.2, -0.15) is 0 Å². The minimum atomic E-state index is -0.0546. The number of nitrogens with one attached hydrogen (secondary N) is 2. The maximum Gasteiger partial charge on any atom is 0.216 e. The molecule has 4 saturated heterocycles. The van der Waals surface area contributed by atoms with Crippen molar-refractivity contribution in [1.29, 1.82) is 0 Å². The van der Waals surface area contributed by atoms with Gasteiger partial charge in [0.2, 0.25) is 5.66 Å². The van der Waals surface area contributed by atoms with Crippen LogP contribution in [-0.4, -0.2) is 37.6 Å². The predicted molar refractivity (Wildman–Crippen MR) is 75.0 cm³/mol. The summed E-state index contributed by atoms with van der Waals surface area (Å²) in [6.07, 6.45) is 0. The highest BCUT2D eigenvalue weighted by Gasteiger charge is 2.74. The van der Waals surface area contributed by atoms with Gasteiger partial charge in [-0.05, 0) is 11.8 Å². The fraction of sp³-hybridized carbons (Fsp3) is 0.938. The SMILES string of the molecule is CC(C)C12C[NH+]3CC(C(C)C)(C[NH+](C1)C3(C)C)C2=O. The number of ketones is 1. The third-order valence-electron chi connectivity index (χ3n) is 7.00. The average Bonchev–Trinajstić information content (AvgIpc) is 2.26. The van der Waals surface area contributed by atoms with Crippen molar-refractivity contribution in [3.05, 3.63) is 0 Å². The van der Waals surface area contributed by atoms with Gasteiger partial charge < -0.3 is 0 Å². The molecule has 0 amide bonds. The van der Waals surface area contributed by atoms with Gasteiger partial charge in [0, 0.05) is 13.8 Å². The van der Waals surface area contributed by atoms with Crippen LogP contribution in [0.2, 0.25) is 0 Å². The molecular formula is C16H30N2O+2. The molecule has 3 heteroatoms. The first-order valence-corrected chi connectivity index (χ1v) is 7.92. The van der Waals surface area contributed by atoms with Crippen LogP contribution in [-0.2, 0) is 4.79 Å². The lowest BCUT2D eigenvalue weighted by Crippen LogP contribution is -3.49. The molecular weight excluding hydrogens is 236 g/mol. The molecule has 0 saturated carbocycles. The molecule has 0 aromatic heterocycles. The van der Waals surface area contributed by atoms with Gasteiger partial charge in [-0.15, -0.1) is 0 Å². The molecule has 0 spiro atoms. The first-order chi connectivity index (χ1) is 8.67. The van der Waals surface area contributed by atoms with Crippen LogP contribution in [0, 0.1) is 22.7 Å². The minimum Gasteiger partial charge on any atom is -0.297 e. The molecule has 4 aliphatic rings. The van der Waals surface area contributed by atoms with E-state index in [1.54, 1.807) is 9.80 Å². The fourth-order valence-electron chi connectivity index (χ4n) is 5.06. The van der Waals surface area contributed by atoms with Crippen LogP contribution in [0.15, 0.2) is 0 Å². The Hall–Kier alpha value is -0.410. The van der Waals surface area contributed by atoms with E-state index in [2.05, 4.69) is 41.5 Å². The van der Waals surface area contributed by atoms with Crippen molar-refractivity contribution < 1.29 is 14.6 Å². The Labute approximate surface area is 117 Å². The second-order valence-corrected chi connectivity index (χ2v) is 8.49. The Bertz CT molecular complexity index is 376. The van der Waals surface area contributed by atoms with Gasteiger partial charge in [0.1, 0.15) is 37.0 Å². The van der Waals surface area contributed by atoms with E-state index in [1.165, 1.54) is 0 Å². The normalized spacial score (nSPS) is 47.5. The highest BCUT2D eigenvalue weighted by Crippen LogP contribution is 2.44. The molecule has 4 aliphatic heterocycles. The van der Waals surface area contributed by atoms with Gasteiger partial charge in [0.15, 0.2) is 5.78 Å². The van der Waals surface area contributed by atoms with E-state index in [4.69, 9.17) is 0 Å². The maximum atomic E-state index is 13.3. The summed E-state index contributed by atoms with van der Waals surface area (Å²) < 4.78 is 0. The molecule has 4 bridgehead atoms. The topological polar surface area (TPSA) is 26.0 Å². The highest BCUT2D eigenvalue weighted by atomic mass is 16.1. The number of piperidine rings is 2.